The van der Waals surface area contributed by atoms with Crippen LogP contribution in [0.1, 0.15) is 219 Å². The van der Waals surface area contributed by atoms with Crippen molar-refractivity contribution in [2.75, 3.05) is 85.1 Å². The Kier molecular flexibility index (Phi) is 46.1. The maximum absolute atomic E-state index is 14.1. The molecule has 3 N–H and O–H groups in total. The van der Waals surface area contributed by atoms with Crippen LogP contribution >= 0.6 is 0 Å². The molecule has 0 aromatic carbocycles. The van der Waals surface area contributed by atoms with Crippen LogP contribution < -0.4 is 0 Å². The molecule has 13 heteroatoms. The third-order valence-corrected chi connectivity index (χ3v) is 13.1. The Hall–Kier alpha value is -0.955. The summed E-state index contributed by atoms with van der Waals surface area (Å²) in [6.45, 7) is 9.86. The van der Waals surface area contributed by atoms with Crippen LogP contribution in [-0.2, 0) is 19.2 Å². The van der Waals surface area contributed by atoms with Crippen molar-refractivity contribution in [3.8, 4) is 0 Å². The first kappa shape index (κ1) is 64.0. The van der Waals surface area contributed by atoms with E-state index in [4.69, 9.17) is 0 Å². The summed E-state index contributed by atoms with van der Waals surface area (Å²) in [5.41, 5.74) is 0. The first-order valence-corrected chi connectivity index (χ1v) is 26.8. The van der Waals surface area contributed by atoms with Crippen LogP contribution in [0.4, 0.5) is 0 Å². The molecule has 0 saturated carbocycles. The molecule has 0 radical (unpaired) electrons. The molecular formula is C52H100GdN5O7-. The minimum absolute atomic E-state index is 0. The smallest absolute Gasteiger partial charge is 0.317 e. The number of amides is 1. The summed E-state index contributed by atoms with van der Waals surface area (Å²) in [5.74, 6) is -2.85. The zero-order valence-electron chi connectivity index (χ0n) is 42.0. The van der Waals surface area contributed by atoms with E-state index in [1.54, 1.807) is 21.2 Å². The van der Waals surface area contributed by atoms with Gasteiger partial charge in [0.05, 0.1) is 26.2 Å². The standard InChI is InChI=1S/C52H100N5O7.Gd/c1-3-5-7-9-11-13-15-17-19-21-23-25-27-29-31-33-35-57(36-34-32-30-28-26-24-22-20-18-16-14-12-10-8-6-4-2)49(58)45-53-37-39-54(46-50(59)60)41-43-56(48-52(63)64)44-42-55(40-38-53)47-51(61)62;/h43H,3-42,44-48H2,1-2H3,(H,59,60)(H,61,62)(H,63,64);/q-1;. The van der Waals surface area contributed by atoms with Crippen molar-refractivity contribution in [1.29, 1.82) is 0 Å². The fraction of sp³-hybridized carbons (Fsp3) is 0.904. The van der Waals surface area contributed by atoms with Crippen molar-refractivity contribution < 1.29 is 74.4 Å². The van der Waals surface area contributed by atoms with Crippen LogP contribution in [0.25, 0.3) is 0 Å². The second-order valence-corrected chi connectivity index (χ2v) is 19.1. The number of hydrogen-bond donors (Lipinski definition) is 3. The van der Waals surface area contributed by atoms with Gasteiger partial charge in [-0.05, 0) is 19.4 Å². The van der Waals surface area contributed by atoms with Gasteiger partial charge in [0.15, 0.2) is 0 Å². The van der Waals surface area contributed by atoms with E-state index >= 15 is 0 Å². The Bertz CT molecular complexity index is 1070. The van der Waals surface area contributed by atoms with Gasteiger partial charge in [-0.2, -0.15) is 0 Å². The molecule has 65 heavy (non-hydrogen) atoms. The van der Waals surface area contributed by atoms with Crippen molar-refractivity contribution in [3.63, 3.8) is 0 Å². The molecule has 0 bridgehead atoms. The zero-order valence-corrected chi connectivity index (χ0v) is 44.2. The van der Waals surface area contributed by atoms with E-state index in [1.165, 1.54) is 180 Å². The van der Waals surface area contributed by atoms with E-state index in [1.807, 2.05) is 0 Å². The Labute approximate surface area is 430 Å². The van der Waals surface area contributed by atoms with Gasteiger partial charge in [-0.15, -0.1) is 6.54 Å². The molecule has 0 atom stereocenters. The van der Waals surface area contributed by atoms with Gasteiger partial charge in [-0.1, -0.05) is 206 Å². The number of unbranched alkanes of at least 4 members (excludes halogenated alkanes) is 30. The molecule has 1 fully saturated rings. The molecule has 1 rings (SSSR count). The Morgan fingerprint density at radius 2 is 0.662 bits per heavy atom. The summed E-state index contributed by atoms with van der Waals surface area (Å²) < 4.78 is 0. The molecular weight excluding hydrogens is 964 g/mol. The monoisotopic (exact) mass is 1060 g/mol. The first-order chi connectivity index (χ1) is 31.1. The summed E-state index contributed by atoms with van der Waals surface area (Å²) in [6, 6.07) is 0. The second kappa shape index (κ2) is 46.8. The summed E-state index contributed by atoms with van der Waals surface area (Å²) in [6.07, 6.45) is 41.9. The number of rotatable bonds is 42. The topological polar surface area (TPSA) is 145 Å². The minimum Gasteiger partial charge on any atom is -0.480 e. The third-order valence-electron chi connectivity index (χ3n) is 13.1. The van der Waals surface area contributed by atoms with E-state index in [2.05, 4.69) is 23.6 Å². The summed E-state index contributed by atoms with van der Waals surface area (Å²) in [7, 11) is 0. The molecule has 0 unspecified atom stereocenters. The predicted octanol–water partition coefficient (Wildman–Crippen LogP) is 11.0. The van der Waals surface area contributed by atoms with Crippen LogP contribution in [0.15, 0.2) is 0 Å². The molecule has 0 aromatic heterocycles. The van der Waals surface area contributed by atoms with Crippen molar-refractivity contribution in [3.05, 3.63) is 6.54 Å². The molecule has 1 amide bonds. The third kappa shape index (κ3) is 41.7. The zero-order chi connectivity index (χ0) is 46.7. The van der Waals surface area contributed by atoms with Gasteiger partial charge < -0.3 is 30.0 Å². The van der Waals surface area contributed by atoms with Crippen LogP contribution in [0.3, 0.4) is 0 Å². The van der Waals surface area contributed by atoms with Crippen LogP contribution in [0.2, 0.25) is 0 Å². The van der Waals surface area contributed by atoms with Crippen molar-refractivity contribution in [2.24, 2.45) is 0 Å². The Morgan fingerprint density at radius 3 is 1.00 bits per heavy atom. The maximum atomic E-state index is 14.1. The number of nitrogens with zero attached hydrogens (tertiary/aromatic N) is 5. The van der Waals surface area contributed by atoms with E-state index < -0.39 is 17.9 Å². The normalized spacial score (nSPS) is 15.0. The van der Waals surface area contributed by atoms with E-state index in [9.17, 15) is 34.5 Å². The number of aliphatic carboxylic acids is 3. The molecule has 1 aliphatic rings. The average molecular weight is 1060 g/mol. The summed E-state index contributed by atoms with van der Waals surface area (Å²) in [5, 5.41) is 28.7. The Morgan fingerprint density at radius 1 is 0.385 bits per heavy atom. The van der Waals surface area contributed by atoms with Crippen LogP contribution in [-0.4, -0.2) is 149 Å². The second-order valence-electron chi connectivity index (χ2n) is 19.1. The van der Waals surface area contributed by atoms with E-state index in [0.29, 0.717) is 39.3 Å². The SMILES string of the molecule is CCCCCCCCCCCCCCCCCCN(CCCCCCCCCCCCCCCCCC)C(=O)CN1CCN(CC(=O)O)C[CH-]N(CC(=O)O)CCN(CC(=O)O)CC1.[Gd]. The number of carbonyl (C=O) groups is 4. The number of carboxylic acid groups (broad SMARTS) is 3. The first-order valence-electron chi connectivity index (χ1n) is 26.8. The molecule has 0 aliphatic carbocycles. The van der Waals surface area contributed by atoms with E-state index in [-0.39, 0.29) is 78.6 Å². The summed E-state index contributed by atoms with van der Waals surface area (Å²) in [4.78, 5) is 58.5. The fourth-order valence-corrected chi connectivity index (χ4v) is 8.99. The van der Waals surface area contributed by atoms with Crippen molar-refractivity contribution >= 4 is 23.8 Å². The molecule has 1 heterocycles. The maximum Gasteiger partial charge on any atom is 0.317 e. The van der Waals surface area contributed by atoms with Gasteiger partial charge in [-0.3, -0.25) is 35.5 Å². The minimum atomic E-state index is -1.01. The van der Waals surface area contributed by atoms with Gasteiger partial charge in [0.1, 0.15) is 0 Å². The molecule has 1 aliphatic heterocycles. The quantitative estimate of drug-likeness (QED) is 0.0397. The van der Waals surface area contributed by atoms with E-state index in [0.717, 1.165) is 38.8 Å². The fourth-order valence-electron chi connectivity index (χ4n) is 8.99. The number of carbonyl (C=O) groups excluding carboxylic acids is 1. The van der Waals surface area contributed by atoms with Crippen LogP contribution in [0, 0.1) is 46.5 Å². The largest absolute Gasteiger partial charge is 0.480 e. The summed E-state index contributed by atoms with van der Waals surface area (Å²) >= 11 is 0. The Balaban J connectivity index is 0.0000410. The average Bonchev–Trinajstić information content (AvgIpc) is 3.25. The molecule has 12 nitrogen and oxygen atoms in total. The molecule has 0 aromatic rings. The van der Waals surface area contributed by atoms with Gasteiger partial charge in [0, 0.05) is 85.8 Å². The van der Waals surface area contributed by atoms with Crippen molar-refractivity contribution in [2.45, 2.75) is 219 Å². The van der Waals surface area contributed by atoms with Crippen molar-refractivity contribution in [1.82, 2.24) is 24.5 Å². The number of carboxylic acids is 3. The molecule has 0 spiro atoms. The molecule has 1 saturated heterocycles. The number of hydrogen-bond acceptors (Lipinski definition) is 8. The van der Waals surface area contributed by atoms with Gasteiger partial charge in [0.2, 0.25) is 5.91 Å². The molecule has 384 valence electrons. The van der Waals surface area contributed by atoms with Gasteiger partial charge in [-0.25, -0.2) is 0 Å². The van der Waals surface area contributed by atoms with Gasteiger partial charge >= 0.3 is 17.9 Å². The van der Waals surface area contributed by atoms with Gasteiger partial charge in [0.25, 0.3) is 0 Å². The van der Waals surface area contributed by atoms with Crippen LogP contribution in [0.5, 0.6) is 0 Å². The predicted molar refractivity (Wildman–Crippen MR) is 264 cm³/mol.